The first-order valence-electron chi connectivity index (χ1n) is 6.79. The lowest BCUT2D eigenvalue weighted by Gasteiger charge is -2.11. The second-order valence-electron chi connectivity index (χ2n) is 4.88. The first-order chi connectivity index (χ1) is 10.5. The molecule has 1 aromatic carbocycles. The highest BCUT2D eigenvalue weighted by Gasteiger charge is 2.08. The van der Waals surface area contributed by atoms with Gasteiger partial charge in [-0.3, -0.25) is 9.78 Å². The van der Waals surface area contributed by atoms with E-state index in [2.05, 4.69) is 25.9 Å². The van der Waals surface area contributed by atoms with Gasteiger partial charge in [0.2, 0.25) is 0 Å². The third kappa shape index (κ3) is 4.55. The molecule has 0 saturated heterocycles. The molecule has 0 aliphatic carbocycles. The monoisotopic (exact) mass is 299 g/mol. The van der Waals surface area contributed by atoms with Crippen molar-refractivity contribution in [3.05, 3.63) is 48.5 Å². The average Bonchev–Trinajstić information content (AvgIpc) is 2.47. The molecule has 0 spiro atoms. The molecule has 0 bridgehead atoms. The van der Waals surface area contributed by atoms with Gasteiger partial charge in [-0.25, -0.2) is 9.78 Å². The molecule has 0 unspecified atom stereocenters. The van der Waals surface area contributed by atoms with Gasteiger partial charge in [-0.2, -0.15) is 0 Å². The molecule has 0 radical (unpaired) electrons. The molecular formula is C15H17N5O2. The number of nitrogens with one attached hydrogen (secondary N) is 3. The Morgan fingerprint density at radius 3 is 2.45 bits per heavy atom. The van der Waals surface area contributed by atoms with Crippen LogP contribution < -0.4 is 16.0 Å². The molecular weight excluding hydrogens is 282 g/mol. The number of aromatic nitrogens is 2. The van der Waals surface area contributed by atoms with Crippen LogP contribution in [0.2, 0.25) is 0 Å². The summed E-state index contributed by atoms with van der Waals surface area (Å²) in [5, 5.41) is 8.12. The van der Waals surface area contributed by atoms with Gasteiger partial charge in [-0.05, 0) is 32.0 Å². The highest BCUT2D eigenvalue weighted by Crippen LogP contribution is 2.15. The zero-order chi connectivity index (χ0) is 15.9. The van der Waals surface area contributed by atoms with Gasteiger partial charge in [0.1, 0.15) is 5.69 Å². The molecule has 1 aromatic heterocycles. The van der Waals surface area contributed by atoms with Crippen LogP contribution in [0.1, 0.15) is 24.3 Å². The maximum atomic E-state index is 12.0. The van der Waals surface area contributed by atoms with Crippen molar-refractivity contribution >= 4 is 23.3 Å². The Balaban J connectivity index is 2.02. The third-order valence-electron chi connectivity index (χ3n) is 2.59. The molecule has 7 heteroatoms. The average molecular weight is 299 g/mol. The maximum absolute atomic E-state index is 12.0. The van der Waals surface area contributed by atoms with Crippen molar-refractivity contribution in [3.8, 4) is 0 Å². The van der Waals surface area contributed by atoms with Crippen LogP contribution in [0.25, 0.3) is 0 Å². The summed E-state index contributed by atoms with van der Waals surface area (Å²) >= 11 is 0. The number of carbonyl (C=O) groups is 2. The van der Waals surface area contributed by atoms with E-state index >= 15 is 0 Å². The van der Waals surface area contributed by atoms with E-state index in [1.807, 2.05) is 13.8 Å². The number of hydrogen-bond donors (Lipinski definition) is 3. The van der Waals surface area contributed by atoms with Crippen molar-refractivity contribution in [1.82, 2.24) is 15.3 Å². The molecule has 0 aliphatic heterocycles. The minimum atomic E-state index is -0.364. The Bertz CT molecular complexity index is 658. The van der Waals surface area contributed by atoms with Crippen molar-refractivity contribution < 1.29 is 9.59 Å². The van der Waals surface area contributed by atoms with E-state index < -0.39 is 0 Å². The lowest BCUT2D eigenvalue weighted by molar-refractivity contribution is 0.102. The summed E-state index contributed by atoms with van der Waals surface area (Å²) in [5.74, 6) is -0.364. The fraction of sp³-hybridized carbons (Fsp3) is 0.200. The summed E-state index contributed by atoms with van der Waals surface area (Å²) in [6, 6.07) is 6.59. The lowest BCUT2D eigenvalue weighted by atomic mass is 10.2. The molecule has 3 N–H and O–H groups in total. The third-order valence-corrected chi connectivity index (χ3v) is 2.59. The van der Waals surface area contributed by atoms with Crippen LogP contribution in [-0.2, 0) is 0 Å². The number of nitrogens with zero attached hydrogens (tertiary/aromatic N) is 2. The minimum Gasteiger partial charge on any atom is -0.336 e. The van der Waals surface area contributed by atoms with Gasteiger partial charge in [0.25, 0.3) is 5.91 Å². The zero-order valence-electron chi connectivity index (χ0n) is 12.3. The molecule has 3 amide bonds. The summed E-state index contributed by atoms with van der Waals surface area (Å²) in [6.07, 6.45) is 4.32. The number of carbonyl (C=O) groups excluding carboxylic acids is 2. The minimum absolute atomic E-state index is 0.0412. The second kappa shape index (κ2) is 7.16. The summed E-state index contributed by atoms with van der Waals surface area (Å²) in [5.41, 5.74) is 1.35. The van der Waals surface area contributed by atoms with Crippen LogP contribution in [0.5, 0.6) is 0 Å². The molecule has 7 nitrogen and oxygen atoms in total. The molecule has 0 fully saturated rings. The van der Waals surface area contributed by atoms with Gasteiger partial charge < -0.3 is 16.0 Å². The van der Waals surface area contributed by atoms with E-state index in [9.17, 15) is 9.59 Å². The van der Waals surface area contributed by atoms with Crippen molar-refractivity contribution in [2.24, 2.45) is 0 Å². The Labute approximate surface area is 128 Å². The molecule has 0 aliphatic rings. The highest BCUT2D eigenvalue weighted by molar-refractivity contribution is 6.03. The number of hydrogen-bond acceptors (Lipinski definition) is 4. The lowest BCUT2D eigenvalue weighted by Crippen LogP contribution is -2.34. The molecule has 2 rings (SSSR count). The van der Waals surface area contributed by atoms with E-state index in [1.165, 1.54) is 18.6 Å². The quantitative estimate of drug-likeness (QED) is 0.806. The van der Waals surface area contributed by atoms with Crippen LogP contribution in [-0.4, -0.2) is 27.9 Å². The van der Waals surface area contributed by atoms with Gasteiger partial charge in [-0.1, -0.05) is 6.07 Å². The van der Waals surface area contributed by atoms with Crippen LogP contribution in [0.4, 0.5) is 16.2 Å². The Kier molecular flexibility index (Phi) is 5.02. The summed E-state index contributed by atoms with van der Waals surface area (Å²) in [7, 11) is 0. The Morgan fingerprint density at radius 2 is 1.82 bits per heavy atom. The van der Waals surface area contributed by atoms with Crippen molar-refractivity contribution in [1.29, 1.82) is 0 Å². The van der Waals surface area contributed by atoms with E-state index in [0.717, 1.165) is 0 Å². The van der Waals surface area contributed by atoms with Gasteiger partial charge in [0, 0.05) is 29.8 Å². The number of urea groups is 1. The first-order valence-corrected chi connectivity index (χ1v) is 6.79. The van der Waals surface area contributed by atoms with Gasteiger partial charge in [0.05, 0.1) is 6.20 Å². The van der Waals surface area contributed by atoms with Crippen molar-refractivity contribution in [3.63, 3.8) is 0 Å². The van der Waals surface area contributed by atoms with Gasteiger partial charge in [0.15, 0.2) is 0 Å². The SMILES string of the molecule is CC(C)NC(=O)Nc1cccc(NC(=O)c2cnccn2)c1. The number of amides is 3. The maximum Gasteiger partial charge on any atom is 0.319 e. The van der Waals surface area contributed by atoms with Crippen LogP contribution in [0.3, 0.4) is 0 Å². The molecule has 2 aromatic rings. The van der Waals surface area contributed by atoms with E-state index in [0.29, 0.717) is 11.4 Å². The smallest absolute Gasteiger partial charge is 0.319 e. The molecule has 22 heavy (non-hydrogen) atoms. The predicted molar refractivity (Wildman–Crippen MR) is 83.7 cm³/mol. The second-order valence-corrected chi connectivity index (χ2v) is 4.88. The van der Waals surface area contributed by atoms with E-state index in [4.69, 9.17) is 0 Å². The summed E-state index contributed by atoms with van der Waals surface area (Å²) in [6.45, 7) is 3.74. The van der Waals surface area contributed by atoms with Gasteiger partial charge in [-0.15, -0.1) is 0 Å². The number of rotatable bonds is 4. The summed E-state index contributed by atoms with van der Waals surface area (Å²) < 4.78 is 0. The zero-order valence-corrected chi connectivity index (χ0v) is 12.3. The van der Waals surface area contributed by atoms with E-state index in [1.54, 1.807) is 24.3 Å². The first kappa shape index (κ1) is 15.4. The van der Waals surface area contributed by atoms with Crippen LogP contribution >= 0.6 is 0 Å². The van der Waals surface area contributed by atoms with Gasteiger partial charge >= 0.3 is 6.03 Å². The van der Waals surface area contributed by atoms with Crippen LogP contribution in [0.15, 0.2) is 42.9 Å². The standard InChI is InChI=1S/C15H17N5O2/c1-10(2)18-15(22)20-12-5-3-4-11(8-12)19-14(21)13-9-16-6-7-17-13/h3-10H,1-2H3,(H,19,21)(H2,18,20,22). The highest BCUT2D eigenvalue weighted by atomic mass is 16.2. The largest absolute Gasteiger partial charge is 0.336 e. The normalized spacial score (nSPS) is 10.1. The fourth-order valence-corrected chi connectivity index (χ4v) is 1.72. The van der Waals surface area contributed by atoms with Crippen molar-refractivity contribution in [2.75, 3.05) is 10.6 Å². The van der Waals surface area contributed by atoms with E-state index in [-0.39, 0.29) is 23.7 Å². The van der Waals surface area contributed by atoms with Crippen LogP contribution in [0, 0.1) is 0 Å². The summed E-state index contributed by atoms with van der Waals surface area (Å²) in [4.78, 5) is 31.4. The Hall–Kier alpha value is -2.96. The predicted octanol–water partition coefficient (Wildman–Crippen LogP) is 2.26. The topological polar surface area (TPSA) is 96.0 Å². The number of benzene rings is 1. The molecule has 0 saturated carbocycles. The molecule has 1 heterocycles. The molecule has 114 valence electrons. The van der Waals surface area contributed by atoms with Crippen molar-refractivity contribution in [2.45, 2.75) is 19.9 Å². The Morgan fingerprint density at radius 1 is 1.09 bits per heavy atom. The fourth-order valence-electron chi connectivity index (χ4n) is 1.72. The number of anilines is 2. The molecule has 0 atom stereocenters.